The second-order valence-corrected chi connectivity index (χ2v) is 13.4. The average molecular weight is 629 g/mol. The molecule has 2 heterocycles. The third-order valence-electron chi connectivity index (χ3n) is 6.14. The number of carbonyl (C=O) groups excluding carboxylic acids is 2. The first-order valence-corrected chi connectivity index (χ1v) is 16.4. The van der Waals surface area contributed by atoms with Gasteiger partial charge in [-0.3, -0.25) is 19.0 Å². The largest absolute Gasteiger partial charge is 0.480 e. The van der Waals surface area contributed by atoms with Gasteiger partial charge in [0.15, 0.2) is 0 Å². The van der Waals surface area contributed by atoms with Crippen LogP contribution in [0.1, 0.15) is 19.8 Å². The van der Waals surface area contributed by atoms with E-state index in [2.05, 4.69) is 10.2 Å². The van der Waals surface area contributed by atoms with Crippen LogP contribution in [-0.2, 0) is 24.5 Å². The number of benzene rings is 1. The number of unbranched alkanes of at least 4 members (excludes halogenated alkanes) is 1. The summed E-state index contributed by atoms with van der Waals surface area (Å²) in [7, 11) is -3.96. The molecule has 2 saturated heterocycles. The lowest BCUT2D eigenvalue weighted by atomic mass is 10.2. The van der Waals surface area contributed by atoms with Crippen LogP contribution in [0.2, 0.25) is 0 Å². The van der Waals surface area contributed by atoms with E-state index in [1.165, 1.54) is 4.90 Å². The topological polar surface area (TPSA) is 148 Å². The predicted molar refractivity (Wildman–Crippen MR) is 162 cm³/mol. The van der Waals surface area contributed by atoms with Crippen LogP contribution < -0.4 is 10.2 Å². The van der Waals surface area contributed by atoms with E-state index in [1.807, 2.05) is 24.3 Å². The minimum absolute atomic E-state index is 0.180. The Hall–Kier alpha value is -2.59. The van der Waals surface area contributed by atoms with Crippen molar-refractivity contribution in [2.45, 2.75) is 25.8 Å². The maximum absolute atomic E-state index is 12.9. The van der Waals surface area contributed by atoms with Crippen molar-refractivity contribution in [3.05, 3.63) is 52.4 Å². The number of para-hydroxylation sites is 1. The average Bonchev–Trinajstić information content (AvgIpc) is 3.46. The number of nitrogens with one attached hydrogen (secondary N) is 1. The van der Waals surface area contributed by atoms with Crippen molar-refractivity contribution in [3.8, 4) is 0 Å². The summed E-state index contributed by atoms with van der Waals surface area (Å²) < 4.78 is 30.9. The normalized spacial score (nSPS) is 18.6. The SMILES string of the molecule is CC(C(=O)O)N(CCNC(=O)CN1C(=O)/C(=C/C=C2\SCCN2CCCCS(=O)(=O)O)SC1=S)c1ccccc1. The highest BCUT2D eigenvalue weighted by Gasteiger charge is 2.33. The van der Waals surface area contributed by atoms with Gasteiger partial charge in [-0.1, -0.05) is 42.2 Å². The zero-order valence-electron chi connectivity index (χ0n) is 21.9. The summed E-state index contributed by atoms with van der Waals surface area (Å²) in [6.07, 6.45) is 4.47. The molecule has 3 rings (SSSR count). The lowest BCUT2D eigenvalue weighted by Crippen LogP contribution is -2.45. The molecule has 218 valence electrons. The quantitative estimate of drug-likeness (QED) is 0.120. The fraction of sp³-hybridized carbons (Fsp3) is 0.440. The number of hydrogen-bond donors (Lipinski definition) is 3. The molecule has 1 aromatic carbocycles. The zero-order valence-corrected chi connectivity index (χ0v) is 25.2. The van der Waals surface area contributed by atoms with Gasteiger partial charge in [0.1, 0.15) is 16.9 Å². The second-order valence-electron chi connectivity index (χ2n) is 9.02. The van der Waals surface area contributed by atoms with Gasteiger partial charge in [0.25, 0.3) is 16.0 Å². The van der Waals surface area contributed by atoms with Crippen molar-refractivity contribution >= 4 is 73.7 Å². The lowest BCUT2D eigenvalue weighted by molar-refractivity contribution is -0.138. The van der Waals surface area contributed by atoms with Gasteiger partial charge in [-0.15, -0.1) is 11.8 Å². The fourth-order valence-electron chi connectivity index (χ4n) is 4.04. The maximum Gasteiger partial charge on any atom is 0.326 e. The number of amides is 2. The smallest absolute Gasteiger partial charge is 0.326 e. The molecule has 0 radical (unpaired) electrons. The molecule has 0 aliphatic carbocycles. The molecule has 2 aliphatic heterocycles. The minimum atomic E-state index is -3.96. The van der Waals surface area contributed by atoms with Gasteiger partial charge >= 0.3 is 5.97 Å². The summed E-state index contributed by atoms with van der Waals surface area (Å²) in [5.74, 6) is -1.16. The lowest BCUT2D eigenvalue weighted by Gasteiger charge is -2.29. The van der Waals surface area contributed by atoms with Gasteiger partial charge in [-0.05, 0) is 44.1 Å². The van der Waals surface area contributed by atoms with Crippen molar-refractivity contribution in [1.29, 1.82) is 0 Å². The van der Waals surface area contributed by atoms with Crippen LogP contribution in [-0.4, -0.2) is 100 Å². The number of thioether (sulfide) groups is 2. The molecule has 0 bridgehead atoms. The van der Waals surface area contributed by atoms with E-state index in [9.17, 15) is 27.9 Å². The molecule has 2 aliphatic rings. The van der Waals surface area contributed by atoms with Crippen molar-refractivity contribution < 1.29 is 32.5 Å². The number of rotatable bonds is 14. The fourth-order valence-corrected chi connectivity index (χ4v) is 6.85. The highest BCUT2D eigenvalue weighted by Crippen LogP contribution is 2.33. The van der Waals surface area contributed by atoms with Crippen molar-refractivity contribution in [3.63, 3.8) is 0 Å². The standard InChI is InChI=1S/C25H32N4O7S4/c1-18(24(32)33)28(19-7-3-2-4-8-19)13-11-26-21(30)17-29-23(31)20(39-25(29)37)9-10-22-27(14-15-38-22)12-5-6-16-40(34,35)36/h2-4,7-10,18H,5-6,11-17H2,1H3,(H,26,30)(H,32,33)(H,34,35,36)/b20-9-,22-10-. The maximum atomic E-state index is 12.9. The van der Waals surface area contributed by atoms with E-state index in [0.717, 1.165) is 34.8 Å². The molecule has 2 amide bonds. The van der Waals surface area contributed by atoms with Crippen LogP contribution in [0, 0.1) is 0 Å². The number of carbonyl (C=O) groups is 3. The zero-order chi connectivity index (χ0) is 29.3. The van der Waals surface area contributed by atoms with Gasteiger partial charge in [-0.25, -0.2) is 4.79 Å². The van der Waals surface area contributed by atoms with Gasteiger partial charge in [-0.2, -0.15) is 8.42 Å². The molecular formula is C25H32N4O7S4. The molecule has 0 aromatic heterocycles. The van der Waals surface area contributed by atoms with Crippen LogP contribution in [0.4, 0.5) is 5.69 Å². The highest BCUT2D eigenvalue weighted by atomic mass is 32.2. The molecule has 1 unspecified atom stereocenters. The van der Waals surface area contributed by atoms with Crippen LogP contribution in [0.15, 0.2) is 52.4 Å². The molecule has 0 spiro atoms. The molecule has 2 fully saturated rings. The van der Waals surface area contributed by atoms with E-state index < -0.39 is 28.0 Å². The Morgan fingerprint density at radius 1 is 1.23 bits per heavy atom. The van der Waals surface area contributed by atoms with Gasteiger partial charge < -0.3 is 20.2 Å². The van der Waals surface area contributed by atoms with Crippen molar-refractivity contribution in [1.82, 2.24) is 15.1 Å². The first-order valence-electron chi connectivity index (χ1n) is 12.6. The molecule has 3 N–H and O–H groups in total. The molecular weight excluding hydrogens is 597 g/mol. The Morgan fingerprint density at radius 3 is 2.62 bits per heavy atom. The number of carboxylic acids is 1. The third-order valence-corrected chi connectivity index (χ3v) is 9.42. The summed E-state index contributed by atoms with van der Waals surface area (Å²) in [6.45, 7) is 3.21. The molecule has 0 saturated carbocycles. The summed E-state index contributed by atoms with van der Waals surface area (Å²) in [5.41, 5.74) is 0.722. The van der Waals surface area contributed by atoms with Crippen LogP contribution in [0.3, 0.4) is 0 Å². The van der Waals surface area contributed by atoms with Crippen molar-refractivity contribution in [2.75, 3.05) is 49.1 Å². The number of aliphatic carboxylic acids is 1. The first kappa shape index (κ1) is 31.9. The molecule has 1 aromatic rings. The minimum Gasteiger partial charge on any atom is -0.480 e. The Balaban J connectivity index is 1.52. The van der Waals surface area contributed by atoms with E-state index in [-0.39, 0.29) is 35.6 Å². The van der Waals surface area contributed by atoms with E-state index >= 15 is 0 Å². The summed E-state index contributed by atoms with van der Waals surface area (Å²) in [6, 6.07) is 8.26. The number of carboxylic acid groups (broad SMARTS) is 1. The Morgan fingerprint density at radius 2 is 1.95 bits per heavy atom. The van der Waals surface area contributed by atoms with E-state index in [4.69, 9.17) is 16.8 Å². The number of hydrogen-bond acceptors (Lipinski definition) is 10. The second kappa shape index (κ2) is 14.9. The number of allylic oxidation sites excluding steroid dienone is 2. The van der Waals surface area contributed by atoms with E-state index in [1.54, 1.807) is 41.8 Å². The van der Waals surface area contributed by atoms with Gasteiger partial charge in [0.05, 0.1) is 15.7 Å². The molecule has 40 heavy (non-hydrogen) atoms. The Kier molecular flexibility index (Phi) is 11.9. The third kappa shape index (κ3) is 9.51. The van der Waals surface area contributed by atoms with Crippen LogP contribution in [0.5, 0.6) is 0 Å². The number of nitrogens with zero attached hydrogens (tertiary/aromatic N) is 3. The predicted octanol–water partition coefficient (Wildman–Crippen LogP) is 2.38. The summed E-state index contributed by atoms with van der Waals surface area (Å²) in [4.78, 5) is 42.5. The van der Waals surface area contributed by atoms with Crippen LogP contribution >= 0.6 is 35.7 Å². The van der Waals surface area contributed by atoms with E-state index in [0.29, 0.717) is 24.3 Å². The molecule has 1 atom stereocenters. The Bertz CT molecular complexity index is 1270. The van der Waals surface area contributed by atoms with Gasteiger partial charge in [0.2, 0.25) is 5.91 Å². The monoisotopic (exact) mass is 628 g/mol. The van der Waals surface area contributed by atoms with Gasteiger partial charge in [0, 0.05) is 37.6 Å². The van der Waals surface area contributed by atoms with Crippen LogP contribution in [0.25, 0.3) is 0 Å². The number of anilines is 1. The Labute approximate surface area is 247 Å². The summed E-state index contributed by atoms with van der Waals surface area (Å²) in [5, 5.41) is 13.2. The number of thiocarbonyl (C=S) groups is 1. The first-order chi connectivity index (χ1) is 19.0. The van der Waals surface area contributed by atoms with Crippen molar-refractivity contribution in [2.24, 2.45) is 0 Å². The molecule has 15 heteroatoms. The summed E-state index contributed by atoms with van der Waals surface area (Å²) >= 11 is 8.08. The molecule has 11 nitrogen and oxygen atoms in total. The highest BCUT2D eigenvalue weighted by molar-refractivity contribution is 8.26.